The van der Waals surface area contributed by atoms with Crippen LogP contribution in [0.1, 0.15) is 6.92 Å². The van der Waals surface area contributed by atoms with Crippen molar-refractivity contribution < 1.29 is 19.5 Å². The molecule has 0 atom stereocenters. The van der Waals surface area contributed by atoms with Crippen LogP contribution in [0.25, 0.3) is 0 Å². The molecule has 0 unspecified atom stereocenters. The van der Waals surface area contributed by atoms with E-state index in [0.717, 1.165) is 0 Å². The molecule has 0 heterocycles. The van der Waals surface area contributed by atoms with Gasteiger partial charge >= 0.3 is 0 Å². The topological polar surface area (TPSA) is 0 Å². The van der Waals surface area contributed by atoms with Gasteiger partial charge in [-0.1, -0.05) is 24.8 Å². The molecular weight excluding hydrogens is 125 g/mol. The summed E-state index contributed by atoms with van der Waals surface area (Å²) in [5.74, 6) is 0. The second kappa shape index (κ2) is 8.92. The molecule has 0 saturated carbocycles. The van der Waals surface area contributed by atoms with Gasteiger partial charge in [0.25, 0.3) is 0 Å². The van der Waals surface area contributed by atoms with Crippen LogP contribution in [-0.4, -0.2) is 0 Å². The maximum Gasteiger partial charge on any atom is 0 e. The monoisotopic (exact) mass is 132 g/mol. The van der Waals surface area contributed by atoms with Gasteiger partial charge in [0.05, 0.1) is 0 Å². The Bertz CT molecular complexity index is 45.9. The molecule has 1 heteroatoms. The molecule has 0 radical (unpaired) electrons. The smallest absolute Gasteiger partial charge is 0 e. The van der Waals surface area contributed by atoms with Crippen molar-refractivity contribution in [3.05, 3.63) is 24.8 Å². The molecule has 0 rings (SSSR count). The second-order valence-corrected chi connectivity index (χ2v) is 0.761. The number of rotatable bonds is 1. The van der Waals surface area contributed by atoms with Crippen LogP contribution < -0.4 is 0 Å². The number of hydrogen-bond donors (Lipinski definition) is 0. The van der Waals surface area contributed by atoms with E-state index in [0.29, 0.717) is 0 Å². The quantitative estimate of drug-likeness (QED) is 0.378. The van der Waals surface area contributed by atoms with Crippen LogP contribution in [0.4, 0.5) is 0 Å². The summed E-state index contributed by atoms with van der Waals surface area (Å²) >= 11 is 0. The van der Waals surface area contributed by atoms with Crippen molar-refractivity contribution in [2.45, 2.75) is 6.92 Å². The summed E-state index contributed by atoms with van der Waals surface area (Å²) in [5, 5.41) is 0. The minimum atomic E-state index is 0. The number of hydrogen-bond acceptors (Lipinski definition) is 0. The third-order valence-corrected chi connectivity index (χ3v) is 0.329. The first kappa shape index (κ1) is 9.44. The van der Waals surface area contributed by atoms with Gasteiger partial charge in [-0.05, 0) is 6.92 Å². The van der Waals surface area contributed by atoms with Crippen molar-refractivity contribution in [1.29, 1.82) is 0 Å². The van der Waals surface area contributed by atoms with Gasteiger partial charge in [-0.2, -0.15) is 0 Å². The van der Waals surface area contributed by atoms with Crippen LogP contribution in [0.5, 0.6) is 0 Å². The van der Waals surface area contributed by atoms with E-state index in [1.54, 1.807) is 6.08 Å². The van der Waals surface area contributed by atoms with E-state index in [1.807, 2.05) is 19.1 Å². The van der Waals surface area contributed by atoms with Crippen molar-refractivity contribution in [3.63, 3.8) is 0 Å². The zero-order valence-corrected chi connectivity index (χ0v) is 7.11. The average molecular weight is 134 g/mol. The van der Waals surface area contributed by atoms with Gasteiger partial charge in [-0.15, -0.1) is 0 Å². The Hall–Kier alpha value is 0.103. The first-order valence-corrected chi connectivity index (χ1v) is 1.65. The van der Waals surface area contributed by atoms with Crippen molar-refractivity contribution in [2.24, 2.45) is 0 Å². The predicted molar refractivity (Wildman–Crippen MR) is 25.0 cm³/mol. The van der Waals surface area contributed by atoms with Gasteiger partial charge in [-0.3, -0.25) is 0 Å². The van der Waals surface area contributed by atoms with E-state index in [-0.39, 0.29) is 19.5 Å². The summed E-state index contributed by atoms with van der Waals surface area (Å²) in [4.78, 5) is 0. The zero-order valence-electron chi connectivity index (χ0n) is 4.15. The Balaban J connectivity index is 0. The largest absolute Gasteiger partial charge is 0.0991 e. The Morgan fingerprint density at radius 3 is 2.00 bits per heavy atom. The third kappa shape index (κ3) is 8.93. The predicted octanol–water partition coefficient (Wildman–Crippen LogP) is 1.75. The molecule has 0 aliphatic rings. The molecule has 0 saturated heterocycles. The fourth-order valence-corrected chi connectivity index (χ4v) is 0.136. The molecule has 0 bridgehead atoms. The van der Waals surface area contributed by atoms with Crippen molar-refractivity contribution in [3.8, 4) is 0 Å². The van der Waals surface area contributed by atoms with Crippen LogP contribution in [-0.2, 0) is 19.5 Å². The minimum Gasteiger partial charge on any atom is -0.0991 e. The Morgan fingerprint density at radius 2 is 2.00 bits per heavy atom. The van der Waals surface area contributed by atoms with Crippen LogP contribution in [0.3, 0.4) is 0 Å². The summed E-state index contributed by atoms with van der Waals surface area (Å²) in [6, 6.07) is 0. The van der Waals surface area contributed by atoms with E-state index in [2.05, 4.69) is 6.58 Å². The molecule has 6 heavy (non-hydrogen) atoms. The molecule has 0 aliphatic heterocycles. The minimum absolute atomic E-state index is 0. The van der Waals surface area contributed by atoms with Gasteiger partial charge in [0.2, 0.25) is 0 Å². The Morgan fingerprint density at radius 1 is 1.50 bits per heavy atom. The van der Waals surface area contributed by atoms with Gasteiger partial charge in [0.1, 0.15) is 0 Å². The second-order valence-electron chi connectivity index (χ2n) is 0.761. The average Bonchev–Trinajstić information content (AvgIpc) is 1.41. The molecule has 30 valence electrons. The van der Waals surface area contributed by atoms with E-state index in [4.69, 9.17) is 0 Å². The van der Waals surface area contributed by atoms with E-state index in [1.165, 1.54) is 0 Å². The van der Waals surface area contributed by atoms with Gasteiger partial charge in [-0.25, -0.2) is 0 Å². The summed E-state index contributed by atoms with van der Waals surface area (Å²) in [6.45, 7) is 5.42. The normalized spacial score (nSPS) is 7.50. The third-order valence-electron chi connectivity index (χ3n) is 0.329. The number of allylic oxidation sites excluding steroid dienone is 3. The summed E-state index contributed by atoms with van der Waals surface area (Å²) in [7, 11) is 0. The zero-order chi connectivity index (χ0) is 4.12. The van der Waals surface area contributed by atoms with Gasteiger partial charge < -0.3 is 0 Å². The molecular formula is C5H8Zn. The standard InChI is InChI=1S/C5H8.Zn/c1-3-5-4-2;/h3-5H,1H2,2H3;. The Kier molecular flexibility index (Phi) is 14.0. The van der Waals surface area contributed by atoms with E-state index in [9.17, 15) is 0 Å². The fourth-order valence-electron chi connectivity index (χ4n) is 0.136. The molecule has 0 amide bonds. The van der Waals surface area contributed by atoms with Gasteiger partial charge in [0.15, 0.2) is 0 Å². The van der Waals surface area contributed by atoms with Crippen LogP contribution in [0.15, 0.2) is 24.8 Å². The maximum atomic E-state index is 3.46. The first-order chi connectivity index (χ1) is 2.41. The van der Waals surface area contributed by atoms with Crippen LogP contribution in [0, 0.1) is 0 Å². The molecule has 0 nitrogen and oxygen atoms in total. The molecule has 0 spiro atoms. The fraction of sp³-hybridized carbons (Fsp3) is 0.200. The van der Waals surface area contributed by atoms with Crippen molar-refractivity contribution >= 4 is 0 Å². The van der Waals surface area contributed by atoms with Crippen LogP contribution >= 0.6 is 0 Å². The molecule has 0 aromatic rings. The van der Waals surface area contributed by atoms with Gasteiger partial charge in [0, 0.05) is 19.5 Å². The summed E-state index contributed by atoms with van der Waals surface area (Å²) in [6.07, 6.45) is 5.58. The van der Waals surface area contributed by atoms with Crippen molar-refractivity contribution in [2.75, 3.05) is 0 Å². The molecule has 0 aromatic carbocycles. The maximum absolute atomic E-state index is 3.46. The first-order valence-electron chi connectivity index (χ1n) is 1.65. The molecule has 0 aliphatic carbocycles. The summed E-state index contributed by atoms with van der Waals surface area (Å²) < 4.78 is 0. The summed E-state index contributed by atoms with van der Waals surface area (Å²) in [5.41, 5.74) is 0. The Labute approximate surface area is 51.7 Å². The molecule has 0 fully saturated rings. The molecule has 0 aromatic heterocycles. The SMILES string of the molecule is C=CC=CC.[Zn]. The van der Waals surface area contributed by atoms with Crippen molar-refractivity contribution in [1.82, 2.24) is 0 Å². The van der Waals surface area contributed by atoms with E-state index >= 15 is 0 Å². The molecule has 0 N–H and O–H groups in total. The van der Waals surface area contributed by atoms with Crippen LogP contribution in [0.2, 0.25) is 0 Å². The van der Waals surface area contributed by atoms with E-state index < -0.39 is 0 Å².